The Morgan fingerprint density at radius 2 is 1.89 bits per heavy atom. The van der Waals surface area contributed by atoms with Crippen LogP contribution in [-0.4, -0.2) is 64.4 Å². The number of carbonyl (C=O) groups excluding carboxylic acids is 1. The summed E-state index contributed by atoms with van der Waals surface area (Å²) >= 11 is 0. The number of anilines is 1. The van der Waals surface area contributed by atoms with Gasteiger partial charge in [0, 0.05) is 25.7 Å². The van der Waals surface area contributed by atoms with E-state index in [1.807, 2.05) is 0 Å². The summed E-state index contributed by atoms with van der Waals surface area (Å²) in [5.41, 5.74) is -2.15. The van der Waals surface area contributed by atoms with E-state index < -0.39 is 36.1 Å². The summed E-state index contributed by atoms with van der Waals surface area (Å²) in [6.45, 7) is 7.71. The lowest BCUT2D eigenvalue weighted by Crippen LogP contribution is -2.55. The Labute approximate surface area is 155 Å². The van der Waals surface area contributed by atoms with E-state index in [2.05, 4.69) is 4.98 Å². The lowest BCUT2D eigenvalue weighted by Gasteiger charge is -2.40. The molecule has 1 aromatic rings. The van der Waals surface area contributed by atoms with Crippen LogP contribution < -0.4 is 10.5 Å². The fourth-order valence-electron chi connectivity index (χ4n) is 2.75. The number of halogens is 3. The van der Waals surface area contributed by atoms with Crippen LogP contribution in [0.4, 0.5) is 23.8 Å². The third-order valence-electron chi connectivity index (χ3n) is 4.00. The number of aromatic nitrogens is 1. The average molecular weight is 389 g/mol. The molecule has 0 unspecified atom stereocenters. The number of carbonyl (C=O) groups is 1. The van der Waals surface area contributed by atoms with Crippen molar-refractivity contribution >= 4 is 24.6 Å². The molecule has 1 atom stereocenters. The van der Waals surface area contributed by atoms with Crippen molar-refractivity contribution < 1.29 is 32.8 Å². The summed E-state index contributed by atoms with van der Waals surface area (Å²) in [6.07, 6.45) is -5.14. The molecule has 0 spiro atoms. The Morgan fingerprint density at radius 1 is 1.26 bits per heavy atom. The van der Waals surface area contributed by atoms with Crippen molar-refractivity contribution in [1.29, 1.82) is 0 Å². The highest BCUT2D eigenvalue weighted by Crippen LogP contribution is 2.31. The number of rotatable bonds is 2. The van der Waals surface area contributed by atoms with Crippen molar-refractivity contribution in [2.75, 3.05) is 24.5 Å². The monoisotopic (exact) mass is 389 g/mol. The van der Waals surface area contributed by atoms with E-state index in [4.69, 9.17) is 4.74 Å². The molecule has 1 aromatic heterocycles. The molecule has 2 rings (SSSR count). The Hall–Kier alpha value is -2.01. The first-order valence-corrected chi connectivity index (χ1v) is 8.48. The molecule has 27 heavy (non-hydrogen) atoms. The molecule has 0 saturated carbocycles. The van der Waals surface area contributed by atoms with Gasteiger partial charge in [-0.1, -0.05) is 0 Å². The number of amides is 1. The highest BCUT2D eigenvalue weighted by molar-refractivity contribution is 6.57. The van der Waals surface area contributed by atoms with Gasteiger partial charge in [0.15, 0.2) is 0 Å². The Kier molecular flexibility index (Phi) is 5.95. The van der Waals surface area contributed by atoms with Gasteiger partial charge in [-0.05, 0) is 39.8 Å². The fraction of sp³-hybridized carbons (Fsp3) is 0.625. The lowest BCUT2D eigenvalue weighted by molar-refractivity contribution is -0.137. The number of nitrogens with zero attached hydrogens (tertiary/aromatic N) is 3. The molecule has 150 valence electrons. The van der Waals surface area contributed by atoms with Crippen molar-refractivity contribution in [1.82, 2.24) is 9.88 Å². The van der Waals surface area contributed by atoms with Gasteiger partial charge < -0.3 is 24.6 Å². The average Bonchev–Trinajstić information content (AvgIpc) is 2.51. The van der Waals surface area contributed by atoms with Gasteiger partial charge in [0.25, 0.3) is 0 Å². The largest absolute Gasteiger partial charge is 0.508 e. The number of alkyl halides is 3. The van der Waals surface area contributed by atoms with E-state index in [0.29, 0.717) is 6.07 Å². The SMILES string of the molecule is C[C@H]1CN(c2cc(C(F)(F)F)cc(B(O)O)n2)CCN1C(=O)OC(C)(C)C. The third-order valence-corrected chi connectivity index (χ3v) is 4.00. The van der Waals surface area contributed by atoms with E-state index in [0.717, 1.165) is 6.07 Å². The van der Waals surface area contributed by atoms with Crippen molar-refractivity contribution in [3.05, 3.63) is 17.7 Å². The number of pyridine rings is 1. The minimum Gasteiger partial charge on any atom is -0.444 e. The molecule has 0 aromatic carbocycles. The predicted molar refractivity (Wildman–Crippen MR) is 93.7 cm³/mol. The topological polar surface area (TPSA) is 86.1 Å². The zero-order valence-corrected chi connectivity index (χ0v) is 15.6. The smallest absolute Gasteiger partial charge is 0.444 e. The van der Waals surface area contributed by atoms with Gasteiger partial charge in [0.2, 0.25) is 0 Å². The molecule has 11 heteroatoms. The third kappa shape index (κ3) is 5.49. The van der Waals surface area contributed by atoms with Gasteiger partial charge >= 0.3 is 19.4 Å². The second kappa shape index (κ2) is 7.55. The van der Waals surface area contributed by atoms with Crippen LogP contribution in [0, 0.1) is 0 Å². The Morgan fingerprint density at radius 3 is 2.37 bits per heavy atom. The van der Waals surface area contributed by atoms with Crippen LogP contribution in [0.1, 0.15) is 33.3 Å². The maximum absolute atomic E-state index is 13.1. The normalized spacial score (nSPS) is 18.5. The van der Waals surface area contributed by atoms with Gasteiger partial charge in [-0.15, -0.1) is 0 Å². The summed E-state index contributed by atoms with van der Waals surface area (Å²) in [4.78, 5) is 19.3. The first-order chi connectivity index (χ1) is 12.3. The highest BCUT2D eigenvalue weighted by Gasteiger charge is 2.35. The molecule has 7 nitrogen and oxygen atoms in total. The van der Waals surface area contributed by atoms with Crippen molar-refractivity contribution in [3.8, 4) is 0 Å². The highest BCUT2D eigenvalue weighted by atomic mass is 19.4. The molecule has 0 bridgehead atoms. The second-order valence-corrected chi connectivity index (χ2v) is 7.48. The van der Waals surface area contributed by atoms with Gasteiger partial charge in [-0.2, -0.15) is 13.2 Å². The number of piperazine rings is 1. The molecular formula is C16H23BF3N3O4. The summed E-state index contributed by atoms with van der Waals surface area (Å²) < 4.78 is 44.6. The molecule has 1 saturated heterocycles. The van der Waals surface area contributed by atoms with E-state index in [1.54, 1.807) is 32.6 Å². The van der Waals surface area contributed by atoms with Crippen molar-refractivity contribution in [2.24, 2.45) is 0 Å². The summed E-state index contributed by atoms with van der Waals surface area (Å²) in [5.74, 6) is -0.0244. The Bertz CT molecular complexity index is 694. The maximum Gasteiger partial charge on any atom is 0.508 e. The quantitative estimate of drug-likeness (QED) is 0.741. The molecule has 0 aliphatic carbocycles. The second-order valence-electron chi connectivity index (χ2n) is 7.48. The number of hydrogen-bond donors (Lipinski definition) is 2. The molecule has 2 N–H and O–H groups in total. The van der Waals surface area contributed by atoms with E-state index in [9.17, 15) is 28.0 Å². The van der Waals surface area contributed by atoms with Gasteiger partial charge in [0.05, 0.1) is 11.2 Å². The fourth-order valence-corrected chi connectivity index (χ4v) is 2.75. The number of ether oxygens (including phenoxy) is 1. The molecule has 0 radical (unpaired) electrons. The summed E-state index contributed by atoms with van der Waals surface area (Å²) in [7, 11) is -2.12. The zero-order chi connectivity index (χ0) is 20.6. The first kappa shape index (κ1) is 21.3. The van der Waals surface area contributed by atoms with E-state index >= 15 is 0 Å². The molecule has 1 fully saturated rings. The number of hydrogen-bond acceptors (Lipinski definition) is 6. The van der Waals surface area contributed by atoms with Crippen LogP contribution in [0.5, 0.6) is 0 Å². The van der Waals surface area contributed by atoms with Crippen LogP contribution in [0.2, 0.25) is 0 Å². The summed E-state index contributed by atoms with van der Waals surface area (Å²) in [5, 5.41) is 18.5. The predicted octanol–water partition coefficient (Wildman–Crippen LogP) is 1.23. The van der Waals surface area contributed by atoms with Crippen molar-refractivity contribution in [2.45, 2.75) is 45.5 Å². The molecule has 1 amide bonds. The lowest BCUT2D eigenvalue weighted by atomic mass is 9.84. The van der Waals surface area contributed by atoms with Gasteiger partial charge in [-0.25, -0.2) is 9.78 Å². The van der Waals surface area contributed by atoms with E-state index in [1.165, 1.54) is 4.90 Å². The molecular weight excluding hydrogens is 366 g/mol. The summed E-state index contributed by atoms with van der Waals surface area (Å²) in [6, 6.07) is 1.14. The zero-order valence-electron chi connectivity index (χ0n) is 15.6. The minimum atomic E-state index is -4.65. The molecule has 2 heterocycles. The van der Waals surface area contributed by atoms with Crippen LogP contribution in [0.15, 0.2) is 12.1 Å². The van der Waals surface area contributed by atoms with Crippen LogP contribution in [-0.2, 0) is 10.9 Å². The van der Waals surface area contributed by atoms with Gasteiger partial charge in [-0.3, -0.25) is 0 Å². The van der Waals surface area contributed by atoms with Crippen LogP contribution >= 0.6 is 0 Å². The molecule has 1 aliphatic heterocycles. The van der Waals surface area contributed by atoms with Crippen LogP contribution in [0.25, 0.3) is 0 Å². The van der Waals surface area contributed by atoms with E-state index in [-0.39, 0.29) is 31.5 Å². The van der Waals surface area contributed by atoms with Gasteiger partial charge in [0.1, 0.15) is 11.4 Å². The minimum absolute atomic E-state index is 0.0244. The Balaban J connectivity index is 2.21. The van der Waals surface area contributed by atoms with Crippen molar-refractivity contribution in [3.63, 3.8) is 0 Å². The first-order valence-electron chi connectivity index (χ1n) is 8.48. The standard InChI is InChI=1S/C16H23BF3N3O4/c1-10-9-22(5-6-23(10)14(24)27-15(2,3)4)13-8-11(16(18,19)20)7-12(21-13)17(25)26/h7-8,10,25-26H,5-6,9H2,1-4H3/t10-/m0/s1. The molecule has 1 aliphatic rings. The van der Waals surface area contributed by atoms with Crippen LogP contribution in [0.3, 0.4) is 0 Å². The maximum atomic E-state index is 13.1.